The monoisotopic (exact) mass is 718 g/mol. The first kappa shape index (κ1) is 31.8. The fraction of sp³-hybridized carbons (Fsp3) is 0. The van der Waals surface area contributed by atoms with Crippen LogP contribution in [-0.2, 0) is 0 Å². The molecule has 0 radical (unpaired) electrons. The third-order valence-corrected chi connectivity index (χ3v) is 10.4. The highest BCUT2D eigenvalue weighted by Gasteiger charge is 2.19. The fourth-order valence-corrected chi connectivity index (χ4v) is 7.64. The minimum absolute atomic E-state index is 0.587. The molecule has 0 aliphatic rings. The minimum Gasteiger partial charge on any atom is -0.456 e. The number of furan rings is 1. The highest BCUT2D eigenvalue weighted by atomic mass is 16.4. The maximum atomic E-state index is 6.56. The smallest absolute Gasteiger partial charge is 0.227 e. The SMILES string of the molecule is c1ccc(-c2nc(-c3ccccc3)nc(-c3ccc(-c4ccc(-c5ccc(-c6nc7ccc8oc9ccccc9c8c7o6)c6ccccc56)cc4)cc3)n2)cc1. The van der Waals surface area contributed by atoms with Crippen LogP contribution < -0.4 is 0 Å². The van der Waals surface area contributed by atoms with E-state index in [1.807, 2.05) is 91.0 Å². The summed E-state index contributed by atoms with van der Waals surface area (Å²) in [7, 11) is 0. The molecule has 3 heterocycles. The van der Waals surface area contributed by atoms with Gasteiger partial charge in [0.1, 0.15) is 16.7 Å². The van der Waals surface area contributed by atoms with Crippen molar-refractivity contribution in [1.82, 2.24) is 19.9 Å². The summed E-state index contributed by atoms with van der Waals surface area (Å²) in [5.74, 6) is 2.51. The van der Waals surface area contributed by atoms with Gasteiger partial charge < -0.3 is 8.83 Å². The zero-order valence-corrected chi connectivity index (χ0v) is 29.9. The highest BCUT2D eigenvalue weighted by molar-refractivity contribution is 6.16. The lowest BCUT2D eigenvalue weighted by Crippen LogP contribution is -2.00. The van der Waals surface area contributed by atoms with Gasteiger partial charge >= 0.3 is 0 Å². The van der Waals surface area contributed by atoms with Gasteiger partial charge in [0, 0.05) is 27.6 Å². The number of oxazole rings is 1. The van der Waals surface area contributed by atoms with Crippen molar-refractivity contribution < 1.29 is 8.83 Å². The lowest BCUT2D eigenvalue weighted by molar-refractivity contribution is 0.623. The van der Waals surface area contributed by atoms with E-state index in [0.29, 0.717) is 23.4 Å². The molecule has 0 spiro atoms. The third-order valence-electron chi connectivity index (χ3n) is 10.4. The second-order valence-electron chi connectivity index (χ2n) is 13.8. The molecular formula is C50H30N4O2. The number of benzene rings is 8. The molecule has 6 nitrogen and oxygen atoms in total. The summed E-state index contributed by atoms with van der Waals surface area (Å²) < 4.78 is 12.7. The molecule has 0 aliphatic carbocycles. The van der Waals surface area contributed by atoms with Gasteiger partial charge in [-0.25, -0.2) is 19.9 Å². The van der Waals surface area contributed by atoms with Crippen molar-refractivity contribution >= 4 is 43.8 Å². The van der Waals surface area contributed by atoms with E-state index >= 15 is 0 Å². The Morgan fingerprint density at radius 1 is 0.304 bits per heavy atom. The molecule has 3 aromatic heterocycles. The molecule has 56 heavy (non-hydrogen) atoms. The summed E-state index contributed by atoms with van der Waals surface area (Å²) in [6.45, 7) is 0. The maximum absolute atomic E-state index is 6.56. The second kappa shape index (κ2) is 13.0. The molecule has 0 amide bonds. The van der Waals surface area contributed by atoms with Gasteiger partial charge in [-0.1, -0.05) is 158 Å². The topological polar surface area (TPSA) is 77.8 Å². The Morgan fingerprint density at radius 2 is 0.786 bits per heavy atom. The van der Waals surface area contributed by atoms with Gasteiger partial charge in [-0.3, -0.25) is 0 Å². The molecule has 0 fully saturated rings. The van der Waals surface area contributed by atoms with E-state index in [1.165, 1.54) is 0 Å². The lowest BCUT2D eigenvalue weighted by Gasteiger charge is -2.11. The fourth-order valence-electron chi connectivity index (χ4n) is 7.64. The predicted octanol–water partition coefficient (Wildman–Crippen LogP) is 13.1. The van der Waals surface area contributed by atoms with Crippen LogP contribution in [0.5, 0.6) is 0 Å². The van der Waals surface area contributed by atoms with Gasteiger partial charge in [0.2, 0.25) is 5.89 Å². The predicted molar refractivity (Wildman–Crippen MR) is 225 cm³/mol. The van der Waals surface area contributed by atoms with E-state index < -0.39 is 0 Å². The molecule has 0 saturated heterocycles. The van der Waals surface area contributed by atoms with Gasteiger partial charge in [0.25, 0.3) is 0 Å². The Hall–Kier alpha value is -7.70. The lowest BCUT2D eigenvalue weighted by atomic mass is 9.93. The average molecular weight is 719 g/mol. The third kappa shape index (κ3) is 5.43. The molecule has 0 N–H and O–H groups in total. The van der Waals surface area contributed by atoms with Crippen LogP contribution in [0.2, 0.25) is 0 Å². The van der Waals surface area contributed by atoms with Gasteiger partial charge in [0.05, 0.1) is 5.39 Å². The Kier molecular flexibility index (Phi) is 7.38. The molecule has 11 rings (SSSR count). The largest absolute Gasteiger partial charge is 0.456 e. The maximum Gasteiger partial charge on any atom is 0.227 e. The molecule has 11 aromatic rings. The van der Waals surface area contributed by atoms with Crippen LogP contribution in [0.1, 0.15) is 0 Å². The summed E-state index contributed by atoms with van der Waals surface area (Å²) in [6, 6.07) is 62.0. The van der Waals surface area contributed by atoms with Crippen molar-refractivity contribution in [3.8, 4) is 67.9 Å². The van der Waals surface area contributed by atoms with Gasteiger partial charge in [-0.2, -0.15) is 0 Å². The summed E-state index contributed by atoms with van der Waals surface area (Å²) in [4.78, 5) is 19.6. The quantitative estimate of drug-likeness (QED) is 0.170. The van der Waals surface area contributed by atoms with Crippen LogP contribution in [0.25, 0.3) is 112 Å². The zero-order chi connectivity index (χ0) is 37.0. The molecule has 0 aliphatic heterocycles. The average Bonchev–Trinajstić information content (AvgIpc) is 3.88. The Balaban J connectivity index is 0.916. The number of aromatic nitrogens is 4. The number of hydrogen-bond acceptors (Lipinski definition) is 6. The van der Waals surface area contributed by atoms with Gasteiger partial charge in [-0.15, -0.1) is 0 Å². The highest BCUT2D eigenvalue weighted by Crippen LogP contribution is 2.40. The summed E-state index contributed by atoms with van der Waals surface area (Å²) >= 11 is 0. The van der Waals surface area contributed by atoms with E-state index in [9.17, 15) is 0 Å². The van der Waals surface area contributed by atoms with Crippen molar-refractivity contribution in [3.63, 3.8) is 0 Å². The number of fused-ring (bicyclic) bond motifs is 6. The van der Waals surface area contributed by atoms with Crippen molar-refractivity contribution in [1.29, 1.82) is 0 Å². The van der Waals surface area contributed by atoms with Gasteiger partial charge in [0.15, 0.2) is 23.1 Å². The molecular weight excluding hydrogens is 689 g/mol. The van der Waals surface area contributed by atoms with Crippen LogP contribution in [0.4, 0.5) is 0 Å². The van der Waals surface area contributed by atoms with Crippen molar-refractivity contribution in [3.05, 3.63) is 182 Å². The molecule has 6 heteroatoms. The molecule has 0 saturated carbocycles. The normalized spacial score (nSPS) is 11.6. The van der Waals surface area contributed by atoms with E-state index in [2.05, 4.69) is 91.0 Å². The van der Waals surface area contributed by atoms with E-state index in [0.717, 1.165) is 88.3 Å². The standard InChI is InChI=1S/C50H30N4O2/c1-3-11-34(12-4-1)47-52-48(35-13-5-2-6-14-35)54-49(53-47)36-25-21-32(22-26-36)31-19-23-33(24-20-31)37-27-28-40(39-16-8-7-15-38(37)39)50-51-42-29-30-44-45(46(42)56-50)41-17-9-10-18-43(41)55-44/h1-30H. The Labute approximate surface area is 321 Å². The van der Waals surface area contributed by atoms with E-state index in [4.69, 9.17) is 28.8 Å². The summed E-state index contributed by atoms with van der Waals surface area (Å²) in [6.07, 6.45) is 0. The molecule has 0 unspecified atom stereocenters. The van der Waals surface area contributed by atoms with E-state index in [1.54, 1.807) is 0 Å². The van der Waals surface area contributed by atoms with Crippen molar-refractivity contribution in [2.45, 2.75) is 0 Å². The van der Waals surface area contributed by atoms with Crippen LogP contribution in [0.3, 0.4) is 0 Å². The van der Waals surface area contributed by atoms with Crippen LogP contribution in [0.15, 0.2) is 191 Å². The number of hydrogen-bond donors (Lipinski definition) is 0. The Bertz CT molecular complexity index is 3170. The zero-order valence-electron chi connectivity index (χ0n) is 29.9. The first-order valence-electron chi connectivity index (χ1n) is 18.5. The number of rotatable bonds is 6. The number of para-hydroxylation sites is 1. The van der Waals surface area contributed by atoms with Crippen LogP contribution in [-0.4, -0.2) is 19.9 Å². The molecule has 262 valence electrons. The number of nitrogens with zero attached hydrogens (tertiary/aromatic N) is 4. The van der Waals surface area contributed by atoms with E-state index in [-0.39, 0.29) is 0 Å². The Morgan fingerprint density at radius 3 is 1.41 bits per heavy atom. The second-order valence-corrected chi connectivity index (χ2v) is 13.8. The minimum atomic E-state index is 0.587. The molecule has 0 atom stereocenters. The van der Waals surface area contributed by atoms with Gasteiger partial charge in [-0.05, 0) is 57.3 Å². The first-order valence-corrected chi connectivity index (χ1v) is 18.5. The van der Waals surface area contributed by atoms with Crippen molar-refractivity contribution in [2.75, 3.05) is 0 Å². The van der Waals surface area contributed by atoms with Crippen LogP contribution >= 0.6 is 0 Å². The van der Waals surface area contributed by atoms with Crippen LogP contribution in [0, 0.1) is 0 Å². The first-order chi connectivity index (χ1) is 27.7. The molecule has 8 aromatic carbocycles. The molecule has 0 bridgehead atoms. The summed E-state index contributed by atoms with van der Waals surface area (Å²) in [5.41, 5.74) is 11.4. The van der Waals surface area contributed by atoms with Crippen molar-refractivity contribution in [2.24, 2.45) is 0 Å². The summed E-state index contributed by atoms with van der Waals surface area (Å²) in [5, 5.41) is 4.18.